The van der Waals surface area contributed by atoms with Crippen molar-refractivity contribution in [2.75, 3.05) is 36.5 Å². The van der Waals surface area contributed by atoms with Crippen molar-refractivity contribution in [3.8, 4) is 0 Å². The van der Waals surface area contributed by atoms with E-state index >= 15 is 0 Å². The molecular weight excluding hydrogens is 270 g/mol. The van der Waals surface area contributed by atoms with Gasteiger partial charge < -0.3 is 10.2 Å². The second-order valence-corrected chi connectivity index (χ2v) is 8.03. The fraction of sp³-hybridized carbons (Fsp3) is 0.667. The molecule has 4 nitrogen and oxygen atoms in total. The molecule has 0 aliphatic carbocycles. The van der Waals surface area contributed by atoms with Gasteiger partial charge >= 0.3 is 0 Å². The number of aromatic nitrogens is 1. The Labute approximate surface area is 124 Å². The van der Waals surface area contributed by atoms with E-state index in [2.05, 4.69) is 43.1 Å². The van der Waals surface area contributed by atoms with Gasteiger partial charge in [-0.25, -0.2) is 4.98 Å². The Morgan fingerprint density at radius 1 is 1.30 bits per heavy atom. The van der Waals surface area contributed by atoms with Crippen molar-refractivity contribution in [1.29, 1.82) is 0 Å². The maximum Gasteiger partial charge on any atom is 0.129 e. The second kappa shape index (κ2) is 6.22. The number of anilines is 1. The first-order valence-electron chi connectivity index (χ1n) is 7.16. The van der Waals surface area contributed by atoms with Crippen LogP contribution in [0.15, 0.2) is 12.1 Å². The van der Waals surface area contributed by atoms with Gasteiger partial charge in [-0.15, -0.1) is 0 Å². The van der Waals surface area contributed by atoms with Gasteiger partial charge in [-0.2, -0.15) is 0 Å². The second-order valence-electron chi connectivity index (χ2n) is 6.33. The van der Waals surface area contributed by atoms with Gasteiger partial charge in [0.25, 0.3) is 0 Å². The molecule has 1 saturated heterocycles. The molecule has 112 valence electrons. The van der Waals surface area contributed by atoms with Crippen LogP contribution in [-0.2, 0) is 22.8 Å². The zero-order valence-electron chi connectivity index (χ0n) is 12.9. The molecule has 0 spiro atoms. The molecule has 1 aliphatic rings. The van der Waals surface area contributed by atoms with E-state index in [0.717, 1.165) is 42.7 Å². The van der Waals surface area contributed by atoms with Gasteiger partial charge in [0.15, 0.2) is 0 Å². The molecule has 2 rings (SSSR count). The topological polar surface area (TPSA) is 45.2 Å². The van der Waals surface area contributed by atoms with E-state index in [1.165, 1.54) is 5.56 Å². The Morgan fingerprint density at radius 3 is 2.50 bits per heavy atom. The molecule has 0 aromatic carbocycles. The van der Waals surface area contributed by atoms with Gasteiger partial charge in [0.2, 0.25) is 0 Å². The zero-order chi connectivity index (χ0) is 14.8. The normalized spacial score (nSPS) is 17.5. The molecule has 0 bridgehead atoms. The molecule has 1 aromatic rings. The van der Waals surface area contributed by atoms with Crippen molar-refractivity contribution in [2.24, 2.45) is 0 Å². The molecule has 0 radical (unpaired) electrons. The minimum Gasteiger partial charge on any atom is -0.355 e. The fourth-order valence-corrected chi connectivity index (χ4v) is 3.34. The summed E-state index contributed by atoms with van der Waals surface area (Å²) in [7, 11) is 1.31. The van der Waals surface area contributed by atoms with Gasteiger partial charge in [-0.1, -0.05) is 20.8 Å². The lowest BCUT2D eigenvalue weighted by molar-refractivity contribution is 0.565. The summed E-state index contributed by atoms with van der Waals surface area (Å²) in [5.41, 5.74) is 2.41. The Bertz CT molecular complexity index is 486. The largest absolute Gasteiger partial charge is 0.355 e. The Hall–Kier alpha value is -0.940. The Balaban J connectivity index is 2.31. The quantitative estimate of drug-likeness (QED) is 0.921. The number of pyridine rings is 1. The molecule has 1 fully saturated rings. The summed E-state index contributed by atoms with van der Waals surface area (Å²) in [6.45, 7) is 9.09. The van der Waals surface area contributed by atoms with Gasteiger partial charge in [-0.05, 0) is 24.7 Å². The standard InChI is InChI=1S/C15H25N3OS/c1-15(2,3)13-9-12(11-16-4)10-14(17-13)18-5-7-20(19)8-6-18/h9-10,16H,5-8,11H2,1-4H3. The monoisotopic (exact) mass is 295 g/mol. The average Bonchev–Trinajstić information content (AvgIpc) is 2.38. The number of nitrogens with one attached hydrogen (secondary N) is 1. The molecule has 0 atom stereocenters. The van der Waals surface area contributed by atoms with Crippen molar-refractivity contribution in [3.63, 3.8) is 0 Å². The molecule has 20 heavy (non-hydrogen) atoms. The van der Waals surface area contributed by atoms with Crippen LogP contribution in [0.2, 0.25) is 0 Å². The SMILES string of the molecule is CNCc1cc(N2CCS(=O)CC2)nc(C(C)(C)C)c1. The lowest BCUT2D eigenvalue weighted by atomic mass is 9.90. The van der Waals surface area contributed by atoms with Gasteiger partial charge in [0.1, 0.15) is 5.82 Å². The summed E-state index contributed by atoms with van der Waals surface area (Å²) in [5, 5.41) is 3.20. The highest BCUT2D eigenvalue weighted by atomic mass is 32.2. The van der Waals surface area contributed by atoms with E-state index in [1.807, 2.05) is 7.05 Å². The van der Waals surface area contributed by atoms with Crippen LogP contribution in [0, 0.1) is 0 Å². The molecule has 1 aliphatic heterocycles. The van der Waals surface area contributed by atoms with Crippen LogP contribution in [0.4, 0.5) is 5.82 Å². The van der Waals surface area contributed by atoms with Crippen LogP contribution >= 0.6 is 0 Å². The lowest BCUT2D eigenvalue weighted by Crippen LogP contribution is -2.38. The van der Waals surface area contributed by atoms with E-state index in [0.29, 0.717) is 0 Å². The number of rotatable bonds is 3. The van der Waals surface area contributed by atoms with E-state index < -0.39 is 10.8 Å². The van der Waals surface area contributed by atoms with Crippen molar-refractivity contribution >= 4 is 16.6 Å². The van der Waals surface area contributed by atoms with Crippen LogP contribution < -0.4 is 10.2 Å². The third-order valence-electron chi connectivity index (χ3n) is 3.52. The highest BCUT2D eigenvalue weighted by molar-refractivity contribution is 7.85. The van der Waals surface area contributed by atoms with E-state index in [1.54, 1.807) is 0 Å². The highest BCUT2D eigenvalue weighted by Gasteiger charge is 2.21. The summed E-state index contributed by atoms with van der Waals surface area (Å²) in [4.78, 5) is 7.09. The molecule has 2 heterocycles. The summed E-state index contributed by atoms with van der Waals surface area (Å²) >= 11 is 0. The van der Waals surface area contributed by atoms with E-state index in [-0.39, 0.29) is 5.41 Å². The molecular formula is C15H25N3OS. The number of hydrogen-bond acceptors (Lipinski definition) is 4. The van der Waals surface area contributed by atoms with Crippen molar-refractivity contribution < 1.29 is 4.21 Å². The minimum absolute atomic E-state index is 0.0388. The first-order chi connectivity index (χ1) is 9.40. The predicted octanol–water partition coefficient (Wildman–Crippen LogP) is 1.67. The van der Waals surface area contributed by atoms with Gasteiger partial charge in [0, 0.05) is 53.0 Å². The number of nitrogens with zero attached hydrogens (tertiary/aromatic N) is 2. The third-order valence-corrected chi connectivity index (χ3v) is 4.80. The predicted molar refractivity (Wildman–Crippen MR) is 85.8 cm³/mol. The highest BCUT2D eigenvalue weighted by Crippen LogP contribution is 2.25. The first kappa shape index (κ1) is 15.4. The van der Waals surface area contributed by atoms with Crippen molar-refractivity contribution in [2.45, 2.75) is 32.7 Å². The number of hydrogen-bond donors (Lipinski definition) is 1. The van der Waals surface area contributed by atoms with Gasteiger partial charge in [0.05, 0.1) is 0 Å². The molecule has 1 N–H and O–H groups in total. The smallest absolute Gasteiger partial charge is 0.129 e. The summed E-state index contributed by atoms with van der Waals surface area (Å²) in [5.74, 6) is 2.53. The fourth-order valence-electron chi connectivity index (χ4n) is 2.29. The summed E-state index contributed by atoms with van der Waals surface area (Å²) in [6, 6.07) is 4.34. The van der Waals surface area contributed by atoms with E-state index in [9.17, 15) is 4.21 Å². The Morgan fingerprint density at radius 2 is 1.95 bits per heavy atom. The van der Waals surface area contributed by atoms with Crippen LogP contribution in [0.5, 0.6) is 0 Å². The Kier molecular flexibility index (Phi) is 4.81. The van der Waals surface area contributed by atoms with Crippen LogP contribution in [0.1, 0.15) is 32.0 Å². The van der Waals surface area contributed by atoms with Crippen molar-refractivity contribution in [1.82, 2.24) is 10.3 Å². The molecule has 5 heteroatoms. The van der Waals surface area contributed by atoms with Crippen LogP contribution in [0.3, 0.4) is 0 Å². The summed E-state index contributed by atoms with van der Waals surface area (Å²) < 4.78 is 11.5. The van der Waals surface area contributed by atoms with Crippen LogP contribution in [0.25, 0.3) is 0 Å². The van der Waals surface area contributed by atoms with Gasteiger partial charge in [-0.3, -0.25) is 4.21 Å². The average molecular weight is 295 g/mol. The van der Waals surface area contributed by atoms with Crippen LogP contribution in [-0.4, -0.2) is 40.8 Å². The van der Waals surface area contributed by atoms with E-state index in [4.69, 9.17) is 4.98 Å². The molecule has 0 unspecified atom stereocenters. The van der Waals surface area contributed by atoms with Crippen molar-refractivity contribution in [3.05, 3.63) is 23.4 Å². The molecule has 1 aromatic heterocycles. The lowest BCUT2D eigenvalue weighted by Gasteiger charge is -2.29. The zero-order valence-corrected chi connectivity index (χ0v) is 13.7. The molecule has 0 saturated carbocycles. The third kappa shape index (κ3) is 3.79. The maximum atomic E-state index is 11.5. The minimum atomic E-state index is -0.648. The maximum absolute atomic E-state index is 11.5. The summed E-state index contributed by atoms with van der Waals surface area (Å²) in [6.07, 6.45) is 0. The first-order valence-corrected chi connectivity index (χ1v) is 8.65. The molecule has 0 amide bonds.